The van der Waals surface area contributed by atoms with Gasteiger partial charge in [0.2, 0.25) is 0 Å². The molecule has 15 atom stereocenters. The SMILES string of the molecule is OCC1OC(O)[C@@H](O)C(O)[C@@H]1O[C@H]1OC(CO)[C@@H](O[C@H]2OC(CO)[C@@H](O)[C@H](O)C2O)[C@H](O)C1O. The van der Waals surface area contributed by atoms with Crippen LogP contribution in [0.25, 0.3) is 0 Å². The lowest BCUT2D eigenvalue weighted by molar-refractivity contribution is -0.377. The van der Waals surface area contributed by atoms with Crippen molar-refractivity contribution in [3.8, 4) is 0 Å². The second-order valence-electron chi connectivity index (χ2n) is 8.33. The number of rotatable bonds is 7. The minimum Gasteiger partial charge on any atom is -0.394 e. The monoisotopic (exact) mass is 504 g/mol. The fourth-order valence-electron chi connectivity index (χ4n) is 4.06. The molecule has 3 fully saturated rings. The zero-order valence-electron chi connectivity index (χ0n) is 17.7. The molecule has 200 valence electrons. The van der Waals surface area contributed by atoms with E-state index in [4.69, 9.17) is 23.7 Å². The predicted octanol–water partition coefficient (Wildman–Crippen LogP) is -7.57. The van der Waals surface area contributed by atoms with Gasteiger partial charge in [-0.05, 0) is 0 Å². The smallest absolute Gasteiger partial charge is 0.187 e. The molecule has 0 bridgehead atoms. The van der Waals surface area contributed by atoms with Gasteiger partial charge in [0.25, 0.3) is 0 Å². The average molecular weight is 504 g/mol. The molecule has 3 saturated heterocycles. The Balaban J connectivity index is 1.72. The second kappa shape index (κ2) is 11.6. The fourth-order valence-corrected chi connectivity index (χ4v) is 4.06. The van der Waals surface area contributed by atoms with E-state index in [0.29, 0.717) is 0 Å². The van der Waals surface area contributed by atoms with Crippen molar-refractivity contribution in [3.05, 3.63) is 0 Å². The standard InChI is InChI=1S/C18H32O16/c19-1-4-7(22)8(23)12(27)17(31-4)34-15-6(3-21)32-18(13(28)10(15)25)33-14-5(2-20)30-16(29)11(26)9(14)24/h4-29H,1-3H2/t4?,5?,6?,7-,8+,9?,10-,11+,12?,13?,14-,15-,16?,17-,18-/m1/s1. The van der Waals surface area contributed by atoms with Gasteiger partial charge < -0.3 is 79.9 Å². The van der Waals surface area contributed by atoms with Crippen LogP contribution in [-0.4, -0.2) is 168 Å². The molecule has 3 aliphatic rings. The van der Waals surface area contributed by atoms with E-state index in [1.54, 1.807) is 0 Å². The van der Waals surface area contributed by atoms with Crippen LogP contribution in [0, 0.1) is 0 Å². The Morgan fingerprint density at radius 3 is 1.35 bits per heavy atom. The molecular weight excluding hydrogens is 472 g/mol. The molecule has 0 aromatic rings. The van der Waals surface area contributed by atoms with Gasteiger partial charge >= 0.3 is 0 Å². The maximum absolute atomic E-state index is 10.6. The summed E-state index contributed by atoms with van der Waals surface area (Å²) in [6, 6.07) is 0. The molecule has 34 heavy (non-hydrogen) atoms. The summed E-state index contributed by atoms with van der Waals surface area (Å²) in [5.41, 5.74) is 0. The summed E-state index contributed by atoms with van der Waals surface area (Å²) in [6.07, 6.45) is -25.1. The van der Waals surface area contributed by atoms with Crippen LogP contribution < -0.4 is 0 Å². The highest BCUT2D eigenvalue weighted by Gasteiger charge is 2.53. The highest BCUT2D eigenvalue weighted by Crippen LogP contribution is 2.32. The van der Waals surface area contributed by atoms with E-state index in [2.05, 4.69) is 0 Å². The highest BCUT2D eigenvalue weighted by atomic mass is 16.8. The van der Waals surface area contributed by atoms with E-state index < -0.39 is 112 Å². The Morgan fingerprint density at radius 2 is 0.853 bits per heavy atom. The highest BCUT2D eigenvalue weighted by molar-refractivity contribution is 4.96. The van der Waals surface area contributed by atoms with Crippen molar-refractivity contribution < 1.29 is 79.9 Å². The lowest BCUT2D eigenvalue weighted by atomic mass is 9.96. The van der Waals surface area contributed by atoms with E-state index in [0.717, 1.165) is 0 Å². The number of aliphatic hydroxyl groups excluding tert-OH is 11. The summed E-state index contributed by atoms with van der Waals surface area (Å²) >= 11 is 0. The lowest BCUT2D eigenvalue weighted by Gasteiger charge is -2.47. The second-order valence-corrected chi connectivity index (χ2v) is 8.33. The molecule has 3 heterocycles. The fraction of sp³-hybridized carbons (Fsp3) is 1.00. The molecule has 0 amide bonds. The summed E-state index contributed by atoms with van der Waals surface area (Å²) in [7, 11) is 0. The molecule has 0 saturated carbocycles. The Hall–Kier alpha value is -0.640. The Kier molecular flexibility index (Phi) is 9.54. The van der Waals surface area contributed by atoms with Crippen molar-refractivity contribution >= 4 is 0 Å². The van der Waals surface area contributed by atoms with E-state index in [1.807, 2.05) is 0 Å². The molecule has 11 N–H and O–H groups in total. The Bertz CT molecular complexity index is 635. The van der Waals surface area contributed by atoms with Crippen LogP contribution in [0.4, 0.5) is 0 Å². The minimum absolute atomic E-state index is 0.741. The first-order valence-corrected chi connectivity index (χ1v) is 10.6. The quantitative estimate of drug-likeness (QED) is 0.154. The Labute approximate surface area is 192 Å². The molecule has 0 spiro atoms. The normalized spacial score (nSPS) is 52.5. The largest absolute Gasteiger partial charge is 0.394 e. The minimum atomic E-state index is -1.91. The number of ether oxygens (including phenoxy) is 5. The van der Waals surface area contributed by atoms with Crippen molar-refractivity contribution in [2.24, 2.45) is 0 Å². The first-order chi connectivity index (χ1) is 16.0. The molecule has 16 heteroatoms. The summed E-state index contributed by atoms with van der Waals surface area (Å²) < 4.78 is 26.4. The van der Waals surface area contributed by atoms with Gasteiger partial charge in [0.15, 0.2) is 18.9 Å². The maximum atomic E-state index is 10.6. The summed E-state index contributed by atoms with van der Waals surface area (Å²) in [4.78, 5) is 0. The number of aliphatic hydroxyl groups is 11. The van der Waals surface area contributed by atoms with E-state index in [1.165, 1.54) is 0 Å². The zero-order valence-corrected chi connectivity index (χ0v) is 17.7. The van der Waals surface area contributed by atoms with Crippen LogP contribution >= 0.6 is 0 Å². The van der Waals surface area contributed by atoms with Crippen LogP contribution in [0.1, 0.15) is 0 Å². The molecule has 0 aromatic carbocycles. The third-order valence-corrected chi connectivity index (χ3v) is 6.09. The van der Waals surface area contributed by atoms with E-state index >= 15 is 0 Å². The molecule has 3 rings (SSSR count). The maximum Gasteiger partial charge on any atom is 0.187 e. The van der Waals surface area contributed by atoms with Crippen molar-refractivity contribution in [3.63, 3.8) is 0 Å². The number of hydrogen-bond donors (Lipinski definition) is 11. The zero-order chi connectivity index (χ0) is 25.3. The Morgan fingerprint density at radius 1 is 0.441 bits per heavy atom. The molecule has 0 radical (unpaired) electrons. The van der Waals surface area contributed by atoms with Crippen molar-refractivity contribution in [2.75, 3.05) is 19.8 Å². The number of hydrogen-bond acceptors (Lipinski definition) is 16. The molecular formula is C18H32O16. The first-order valence-electron chi connectivity index (χ1n) is 10.6. The third-order valence-electron chi connectivity index (χ3n) is 6.09. The van der Waals surface area contributed by atoms with Gasteiger partial charge in [0.1, 0.15) is 73.2 Å². The first kappa shape index (κ1) is 27.9. The van der Waals surface area contributed by atoms with Crippen LogP contribution in [0.15, 0.2) is 0 Å². The van der Waals surface area contributed by atoms with Crippen LogP contribution in [0.5, 0.6) is 0 Å². The lowest BCUT2D eigenvalue weighted by Crippen LogP contribution is -2.66. The van der Waals surface area contributed by atoms with Crippen LogP contribution in [0.3, 0.4) is 0 Å². The molecule has 0 aliphatic carbocycles. The predicted molar refractivity (Wildman–Crippen MR) is 101 cm³/mol. The van der Waals surface area contributed by atoms with Gasteiger partial charge in [-0.25, -0.2) is 0 Å². The van der Waals surface area contributed by atoms with Gasteiger partial charge in [-0.2, -0.15) is 0 Å². The summed E-state index contributed by atoms with van der Waals surface area (Å²) in [5.74, 6) is 0. The summed E-state index contributed by atoms with van der Waals surface area (Å²) in [6.45, 7) is -2.32. The molecule has 16 nitrogen and oxygen atoms in total. The van der Waals surface area contributed by atoms with Crippen LogP contribution in [0.2, 0.25) is 0 Å². The van der Waals surface area contributed by atoms with Gasteiger partial charge in [-0.15, -0.1) is 0 Å². The molecule has 0 aromatic heterocycles. The van der Waals surface area contributed by atoms with Crippen molar-refractivity contribution in [1.82, 2.24) is 0 Å². The topological polar surface area (TPSA) is 269 Å². The average Bonchev–Trinajstić information content (AvgIpc) is 2.83. The van der Waals surface area contributed by atoms with Crippen molar-refractivity contribution in [1.29, 1.82) is 0 Å². The summed E-state index contributed by atoms with van der Waals surface area (Å²) in [5, 5.41) is 109. The van der Waals surface area contributed by atoms with Crippen molar-refractivity contribution in [2.45, 2.75) is 92.1 Å². The van der Waals surface area contributed by atoms with Crippen LogP contribution in [-0.2, 0) is 23.7 Å². The van der Waals surface area contributed by atoms with E-state index in [-0.39, 0.29) is 0 Å². The van der Waals surface area contributed by atoms with Gasteiger partial charge in [-0.1, -0.05) is 0 Å². The van der Waals surface area contributed by atoms with E-state index in [9.17, 15) is 56.2 Å². The van der Waals surface area contributed by atoms with Gasteiger partial charge in [0, 0.05) is 0 Å². The molecule has 7 unspecified atom stereocenters. The van der Waals surface area contributed by atoms with Gasteiger partial charge in [-0.3, -0.25) is 0 Å². The van der Waals surface area contributed by atoms with Gasteiger partial charge in [0.05, 0.1) is 19.8 Å². The molecule has 3 aliphatic heterocycles. The third kappa shape index (κ3) is 5.37.